The minimum Gasteiger partial charge on any atom is -0.396 e. The first-order chi connectivity index (χ1) is 10.7. The van der Waals surface area contributed by atoms with Gasteiger partial charge in [-0.3, -0.25) is 4.79 Å². The summed E-state index contributed by atoms with van der Waals surface area (Å²) in [5.74, 6) is 0.514. The van der Waals surface area contributed by atoms with Crippen LogP contribution in [-0.2, 0) is 4.79 Å². The molecule has 3 saturated carbocycles. The Labute approximate surface area is 139 Å². The first kappa shape index (κ1) is 15.8. The molecule has 0 unspecified atom stereocenters. The first-order valence-electron chi connectivity index (χ1n) is 9.21. The van der Waals surface area contributed by atoms with Gasteiger partial charge in [-0.2, -0.15) is 0 Å². The summed E-state index contributed by atoms with van der Waals surface area (Å²) >= 11 is 0. The lowest BCUT2D eigenvalue weighted by atomic mass is 9.39. The molecule has 4 rings (SSSR count). The fraction of sp³-hybridized carbons (Fsp3) is 0.850. The van der Waals surface area contributed by atoms with Crippen molar-refractivity contribution in [1.82, 2.24) is 0 Å². The molecule has 2 bridgehead atoms. The first-order valence-corrected chi connectivity index (χ1v) is 9.21. The third-order valence-electron chi connectivity index (χ3n) is 8.32. The summed E-state index contributed by atoms with van der Waals surface area (Å²) in [5.41, 5.74) is -0.312. The van der Waals surface area contributed by atoms with Crippen LogP contribution in [0.25, 0.3) is 0 Å². The summed E-state index contributed by atoms with van der Waals surface area (Å²) in [6, 6.07) is 0. The molecule has 0 heterocycles. The summed E-state index contributed by atoms with van der Waals surface area (Å²) in [6.07, 6.45) is 9.83. The number of fused-ring (bicyclic) bond motifs is 3. The van der Waals surface area contributed by atoms with Gasteiger partial charge in [0.05, 0.1) is 0 Å². The zero-order valence-corrected chi connectivity index (χ0v) is 14.6. The van der Waals surface area contributed by atoms with Crippen LogP contribution in [0.2, 0.25) is 0 Å². The van der Waals surface area contributed by atoms with E-state index in [4.69, 9.17) is 0 Å². The van der Waals surface area contributed by atoms with Gasteiger partial charge in [0.1, 0.15) is 6.10 Å². The molecule has 0 aromatic carbocycles. The molecule has 4 aliphatic carbocycles. The van der Waals surface area contributed by atoms with E-state index in [2.05, 4.69) is 32.9 Å². The molecule has 0 saturated heterocycles. The molecule has 128 valence electrons. The third kappa shape index (κ3) is 1.81. The zero-order valence-electron chi connectivity index (χ0n) is 14.6. The van der Waals surface area contributed by atoms with E-state index in [1.807, 2.05) is 0 Å². The molecule has 3 nitrogen and oxygen atoms in total. The van der Waals surface area contributed by atoms with Crippen molar-refractivity contribution in [1.29, 1.82) is 0 Å². The number of carbonyl (C=O) groups is 1. The highest BCUT2D eigenvalue weighted by Crippen LogP contribution is 2.71. The standard InChI is InChI=1S/C20H30O3/c1-17-6-4-15-19(3)14(5-7-20(15,11-17)9-8-17)18(2,12-21)10-13(22)16(19)23/h8-9,14-16,21,23H,4-7,10-12H2,1-3H3/t14-,15+,16+,17-,18+,19-,20+/m1/s1. The monoisotopic (exact) mass is 318 g/mol. The maximum absolute atomic E-state index is 12.6. The Morgan fingerprint density at radius 3 is 2.52 bits per heavy atom. The Kier molecular flexibility index (Phi) is 3.09. The number of aliphatic hydroxyl groups is 2. The second-order valence-corrected chi connectivity index (χ2v) is 9.80. The smallest absolute Gasteiger partial charge is 0.162 e. The zero-order chi connectivity index (χ0) is 16.7. The van der Waals surface area contributed by atoms with Gasteiger partial charge in [0, 0.05) is 23.9 Å². The Morgan fingerprint density at radius 1 is 1.13 bits per heavy atom. The van der Waals surface area contributed by atoms with Gasteiger partial charge in [-0.25, -0.2) is 0 Å². The van der Waals surface area contributed by atoms with E-state index in [0.29, 0.717) is 17.8 Å². The fourth-order valence-electron chi connectivity index (χ4n) is 7.26. The number of rotatable bonds is 1. The summed E-state index contributed by atoms with van der Waals surface area (Å²) in [5, 5.41) is 21.0. The Balaban J connectivity index is 1.81. The number of Topliss-reactive ketones (excluding diaryl/α,β-unsaturated/α-hetero) is 1. The van der Waals surface area contributed by atoms with Crippen LogP contribution in [0.15, 0.2) is 12.2 Å². The number of ketones is 1. The number of carbonyl (C=O) groups excluding carboxylic acids is 1. The Morgan fingerprint density at radius 2 is 1.83 bits per heavy atom. The maximum Gasteiger partial charge on any atom is 0.162 e. The largest absolute Gasteiger partial charge is 0.396 e. The maximum atomic E-state index is 12.6. The molecule has 0 amide bonds. The van der Waals surface area contributed by atoms with E-state index in [0.717, 1.165) is 25.7 Å². The van der Waals surface area contributed by atoms with Crippen molar-refractivity contribution in [3.63, 3.8) is 0 Å². The average Bonchev–Trinajstić information content (AvgIpc) is 2.75. The van der Waals surface area contributed by atoms with Crippen LogP contribution in [0.3, 0.4) is 0 Å². The number of aliphatic hydroxyl groups excluding tert-OH is 2. The van der Waals surface area contributed by atoms with Crippen LogP contribution in [-0.4, -0.2) is 28.7 Å². The van der Waals surface area contributed by atoms with Gasteiger partial charge in [-0.05, 0) is 54.8 Å². The van der Waals surface area contributed by atoms with Gasteiger partial charge < -0.3 is 10.2 Å². The molecule has 3 fully saturated rings. The molecule has 23 heavy (non-hydrogen) atoms. The second-order valence-electron chi connectivity index (χ2n) is 9.80. The van der Waals surface area contributed by atoms with E-state index in [1.165, 1.54) is 6.42 Å². The molecular formula is C20H30O3. The van der Waals surface area contributed by atoms with Gasteiger partial charge in [0.15, 0.2) is 5.78 Å². The molecule has 7 atom stereocenters. The molecule has 0 radical (unpaired) electrons. The third-order valence-corrected chi connectivity index (χ3v) is 8.32. The lowest BCUT2D eigenvalue weighted by Gasteiger charge is -2.65. The SMILES string of the molecule is C[C@]12C=C[C@@]3(CC[C@@H]4[C@](C)(CO)CC(=O)[C@H](O)[C@@]4(C)[C@@H]3CC1)C2. The van der Waals surface area contributed by atoms with E-state index < -0.39 is 11.5 Å². The van der Waals surface area contributed by atoms with E-state index >= 15 is 0 Å². The van der Waals surface area contributed by atoms with Gasteiger partial charge >= 0.3 is 0 Å². The van der Waals surface area contributed by atoms with Gasteiger partial charge in [0.2, 0.25) is 0 Å². The van der Waals surface area contributed by atoms with Crippen molar-refractivity contribution < 1.29 is 15.0 Å². The number of hydrogen-bond donors (Lipinski definition) is 2. The van der Waals surface area contributed by atoms with Crippen LogP contribution >= 0.6 is 0 Å². The lowest BCUT2D eigenvalue weighted by Crippen LogP contribution is -2.65. The highest BCUT2D eigenvalue weighted by Gasteiger charge is 2.67. The van der Waals surface area contributed by atoms with Gasteiger partial charge in [0.25, 0.3) is 0 Å². The summed E-state index contributed by atoms with van der Waals surface area (Å²) in [4.78, 5) is 12.6. The van der Waals surface area contributed by atoms with Crippen molar-refractivity contribution in [2.24, 2.45) is 33.5 Å². The molecule has 3 heteroatoms. The topological polar surface area (TPSA) is 57.5 Å². The van der Waals surface area contributed by atoms with Crippen LogP contribution < -0.4 is 0 Å². The van der Waals surface area contributed by atoms with E-state index in [-0.39, 0.29) is 29.1 Å². The van der Waals surface area contributed by atoms with E-state index in [1.54, 1.807) is 0 Å². The highest BCUT2D eigenvalue weighted by molar-refractivity contribution is 5.85. The Hall–Kier alpha value is -0.670. The second kappa shape index (κ2) is 4.49. The van der Waals surface area contributed by atoms with Gasteiger partial charge in [-0.1, -0.05) is 32.9 Å². The predicted molar refractivity (Wildman–Crippen MR) is 88.7 cm³/mol. The average molecular weight is 318 g/mol. The minimum atomic E-state index is -0.868. The summed E-state index contributed by atoms with van der Waals surface area (Å²) in [7, 11) is 0. The van der Waals surface area contributed by atoms with Crippen molar-refractivity contribution in [3.8, 4) is 0 Å². The number of allylic oxidation sites excluding steroid dienone is 2. The quantitative estimate of drug-likeness (QED) is 0.731. The fourth-order valence-corrected chi connectivity index (χ4v) is 7.26. The van der Waals surface area contributed by atoms with Crippen molar-refractivity contribution in [2.75, 3.05) is 6.61 Å². The van der Waals surface area contributed by atoms with Crippen LogP contribution in [0.4, 0.5) is 0 Å². The molecule has 1 spiro atoms. The predicted octanol–water partition coefficient (Wildman–Crippen LogP) is 3.10. The van der Waals surface area contributed by atoms with Crippen molar-refractivity contribution in [2.45, 2.75) is 65.4 Å². The molecule has 0 aromatic heterocycles. The summed E-state index contributed by atoms with van der Waals surface area (Å²) in [6.45, 7) is 6.59. The van der Waals surface area contributed by atoms with Crippen molar-refractivity contribution >= 4 is 5.78 Å². The van der Waals surface area contributed by atoms with Crippen LogP contribution in [0.1, 0.15) is 59.3 Å². The summed E-state index contributed by atoms with van der Waals surface area (Å²) < 4.78 is 0. The Bertz CT molecular complexity index is 583. The van der Waals surface area contributed by atoms with E-state index in [9.17, 15) is 15.0 Å². The van der Waals surface area contributed by atoms with Crippen LogP contribution in [0, 0.1) is 33.5 Å². The molecule has 0 aliphatic heterocycles. The van der Waals surface area contributed by atoms with Crippen LogP contribution in [0.5, 0.6) is 0 Å². The van der Waals surface area contributed by atoms with Crippen molar-refractivity contribution in [3.05, 3.63) is 12.2 Å². The lowest BCUT2D eigenvalue weighted by molar-refractivity contribution is -0.204. The van der Waals surface area contributed by atoms with Gasteiger partial charge in [-0.15, -0.1) is 0 Å². The normalized spacial score (nSPS) is 58.0. The molecule has 4 aliphatic rings. The molecular weight excluding hydrogens is 288 g/mol. The highest BCUT2D eigenvalue weighted by atomic mass is 16.3. The number of hydrogen-bond acceptors (Lipinski definition) is 3. The molecule has 0 aromatic rings. The minimum absolute atomic E-state index is 0.0407. The molecule has 2 N–H and O–H groups in total.